The number of H-pyrrole nitrogens is 1. The molecule has 0 aromatic carbocycles. The molecule has 2 heterocycles. The number of hydrogen-bond donors (Lipinski definition) is 2. The van der Waals surface area contributed by atoms with Gasteiger partial charge < -0.3 is 5.73 Å². The minimum atomic E-state index is 0.593. The Morgan fingerprint density at radius 1 is 1.50 bits per heavy atom. The summed E-state index contributed by atoms with van der Waals surface area (Å²) in [6.45, 7) is 4.52. The first-order valence-electron chi connectivity index (χ1n) is 4.36. The molecule has 2 rings (SSSR count). The van der Waals surface area contributed by atoms with Crippen molar-refractivity contribution in [3.63, 3.8) is 0 Å². The van der Waals surface area contributed by atoms with Crippen molar-refractivity contribution in [1.82, 2.24) is 20.4 Å². The van der Waals surface area contributed by atoms with E-state index in [9.17, 15) is 0 Å². The molecule has 0 atom stereocenters. The van der Waals surface area contributed by atoms with Gasteiger partial charge in [0.2, 0.25) is 5.65 Å². The van der Waals surface area contributed by atoms with Gasteiger partial charge in [-0.2, -0.15) is 10.3 Å². The highest BCUT2D eigenvalue weighted by atomic mass is 15.3. The third-order valence-electron chi connectivity index (χ3n) is 2.03. The number of pyridine rings is 1. The second-order valence-electron chi connectivity index (χ2n) is 3.03. The van der Waals surface area contributed by atoms with E-state index in [4.69, 9.17) is 5.73 Å². The molecule has 72 valence electrons. The average Bonchev–Trinajstić information content (AvgIpc) is 2.64. The largest absolute Gasteiger partial charge is 0.330 e. The standard InChI is InChI=1S/C9H11N5/c1-6(2-3-10)7-4-8-9(11-5-7)13-14-12-8/h4-5H,1-3,10H2,(H,11,12,13,14). The summed E-state index contributed by atoms with van der Waals surface area (Å²) in [5.41, 5.74) is 8.76. The molecular formula is C9H11N5. The van der Waals surface area contributed by atoms with Crippen LogP contribution in [0, 0.1) is 0 Å². The Balaban J connectivity index is 2.38. The van der Waals surface area contributed by atoms with E-state index in [1.54, 1.807) is 6.20 Å². The van der Waals surface area contributed by atoms with Crippen molar-refractivity contribution in [3.8, 4) is 0 Å². The van der Waals surface area contributed by atoms with Gasteiger partial charge in [0.05, 0.1) is 0 Å². The maximum Gasteiger partial charge on any atom is 0.201 e. The lowest BCUT2D eigenvalue weighted by molar-refractivity contribution is 0.954. The highest BCUT2D eigenvalue weighted by Crippen LogP contribution is 2.16. The molecule has 0 unspecified atom stereocenters. The summed E-state index contributed by atoms with van der Waals surface area (Å²) in [4.78, 5) is 4.14. The molecule has 0 aliphatic heterocycles. The predicted molar refractivity (Wildman–Crippen MR) is 54.4 cm³/mol. The van der Waals surface area contributed by atoms with Gasteiger partial charge in [-0.3, -0.25) is 0 Å². The SMILES string of the molecule is C=C(CCN)c1cnc2n[nH]nc2c1. The lowest BCUT2D eigenvalue weighted by Crippen LogP contribution is -1.99. The van der Waals surface area contributed by atoms with Crippen molar-refractivity contribution < 1.29 is 0 Å². The van der Waals surface area contributed by atoms with E-state index in [-0.39, 0.29) is 0 Å². The molecule has 14 heavy (non-hydrogen) atoms. The van der Waals surface area contributed by atoms with Crippen molar-refractivity contribution in [1.29, 1.82) is 0 Å². The minimum absolute atomic E-state index is 0.593. The Morgan fingerprint density at radius 3 is 3.14 bits per heavy atom. The van der Waals surface area contributed by atoms with E-state index in [0.29, 0.717) is 12.2 Å². The number of aromatic nitrogens is 4. The molecular weight excluding hydrogens is 178 g/mol. The van der Waals surface area contributed by atoms with Crippen LogP contribution in [0.3, 0.4) is 0 Å². The molecule has 2 aromatic heterocycles. The second-order valence-corrected chi connectivity index (χ2v) is 3.03. The molecule has 0 radical (unpaired) electrons. The zero-order valence-electron chi connectivity index (χ0n) is 7.70. The number of nitrogens with zero attached hydrogens (tertiary/aromatic N) is 3. The average molecular weight is 189 g/mol. The van der Waals surface area contributed by atoms with Gasteiger partial charge in [-0.05, 0) is 30.2 Å². The van der Waals surface area contributed by atoms with Gasteiger partial charge in [0.1, 0.15) is 5.52 Å². The van der Waals surface area contributed by atoms with Gasteiger partial charge >= 0.3 is 0 Å². The normalized spacial score (nSPS) is 10.6. The van der Waals surface area contributed by atoms with Crippen LogP contribution >= 0.6 is 0 Å². The van der Waals surface area contributed by atoms with E-state index in [1.165, 1.54) is 0 Å². The van der Waals surface area contributed by atoms with Gasteiger partial charge in [-0.25, -0.2) is 4.98 Å². The molecule has 0 saturated carbocycles. The molecule has 0 aliphatic rings. The van der Waals surface area contributed by atoms with Gasteiger partial charge in [-0.15, -0.1) is 5.10 Å². The summed E-state index contributed by atoms with van der Waals surface area (Å²) in [7, 11) is 0. The Kier molecular flexibility index (Phi) is 2.24. The number of nitrogens with one attached hydrogen (secondary N) is 1. The first-order valence-corrected chi connectivity index (χ1v) is 4.36. The molecule has 0 spiro atoms. The van der Waals surface area contributed by atoms with Gasteiger partial charge in [0, 0.05) is 6.20 Å². The third-order valence-corrected chi connectivity index (χ3v) is 2.03. The highest BCUT2D eigenvalue weighted by Gasteiger charge is 2.03. The number of hydrogen-bond acceptors (Lipinski definition) is 4. The maximum absolute atomic E-state index is 5.44. The van der Waals surface area contributed by atoms with Gasteiger partial charge in [-0.1, -0.05) is 6.58 Å². The predicted octanol–water partition coefficient (Wildman–Crippen LogP) is 0.715. The molecule has 2 aromatic rings. The van der Waals surface area contributed by atoms with Crippen LogP contribution in [0.4, 0.5) is 0 Å². The van der Waals surface area contributed by atoms with E-state index >= 15 is 0 Å². The van der Waals surface area contributed by atoms with Crippen LogP contribution in [-0.2, 0) is 0 Å². The molecule has 0 aliphatic carbocycles. The number of aromatic amines is 1. The topological polar surface area (TPSA) is 80.5 Å². The van der Waals surface area contributed by atoms with Crippen LogP contribution in [0.25, 0.3) is 16.7 Å². The van der Waals surface area contributed by atoms with Crippen LogP contribution < -0.4 is 5.73 Å². The van der Waals surface area contributed by atoms with Crippen LogP contribution in [0.2, 0.25) is 0 Å². The van der Waals surface area contributed by atoms with Crippen LogP contribution in [0.1, 0.15) is 12.0 Å². The van der Waals surface area contributed by atoms with Gasteiger partial charge in [0.25, 0.3) is 0 Å². The third kappa shape index (κ3) is 1.49. The zero-order valence-corrected chi connectivity index (χ0v) is 7.70. The van der Waals surface area contributed by atoms with Crippen molar-refractivity contribution in [2.75, 3.05) is 6.54 Å². The molecule has 0 saturated heterocycles. The summed E-state index contributed by atoms with van der Waals surface area (Å²) >= 11 is 0. The summed E-state index contributed by atoms with van der Waals surface area (Å²) in [6, 6.07) is 1.91. The second kappa shape index (κ2) is 3.55. The first kappa shape index (κ1) is 8.83. The van der Waals surface area contributed by atoms with Gasteiger partial charge in [0.15, 0.2) is 0 Å². The van der Waals surface area contributed by atoms with Crippen LogP contribution in [-0.4, -0.2) is 26.9 Å². The molecule has 0 amide bonds. The first-order chi connectivity index (χ1) is 6.81. The fraction of sp³-hybridized carbons (Fsp3) is 0.222. The van der Waals surface area contributed by atoms with Crippen LogP contribution in [0.15, 0.2) is 18.8 Å². The van der Waals surface area contributed by atoms with E-state index in [0.717, 1.165) is 23.1 Å². The fourth-order valence-corrected chi connectivity index (χ4v) is 1.25. The number of fused-ring (bicyclic) bond motifs is 1. The van der Waals surface area contributed by atoms with Crippen LogP contribution in [0.5, 0.6) is 0 Å². The highest BCUT2D eigenvalue weighted by molar-refractivity contribution is 5.75. The summed E-state index contributed by atoms with van der Waals surface area (Å²) in [6.07, 6.45) is 2.51. The van der Waals surface area contributed by atoms with E-state index in [1.807, 2.05) is 6.07 Å². The minimum Gasteiger partial charge on any atom is -0.330 e. The molecule has 5 heteroatoms. The fourth-order valence-electron chi connectivity index (χ4n) is 1.25. The van der Waals surface area contributed by atoms with Crippen molar-refractivity contribution >= 4 is 16.7 Å². The molecule has 0 bridgehead atoms. The monoisotopic (exact) mass is 189 g/mol. The zero-order chi connectivity index (χ0) is 9.97. The molecule has 0 fully saturated rings. The van der Waals surface area contributed by atoms with E-state index in [2.05, 4.69) is 27.0 Å². The van der Waals surface area contributed by atoms with Crippen molar-refractivity contribution in [3.05, 3.63) is 24.4 Å². The summed E-state index contributed by atoms with van der Waals surface area (Å²) < 4.78 is 0. The molecule has 3 N–H and O–H groups in total. The Bertz CT molecular complexity index is 459. The Morgan fingerprint density at radius 2 is 2.36 bits per heavy atom. The quantitative estimate of drug-likeness (QED) is 0.745. The van der Waals surface area contributed by atoms with Crippen molar-refractivity contribution in [2.45, 2.75) is 6.42 Å². The van der Waals surface area contributed by atoms with E-state index < -0.39 is 0 Å². The Hall–Kier alpha value is -1.75. The number of nitrogens with two attached hydrogens (primary N) is 1. The molecule has 5 nitrogen and oxygen atoms in total. The Labute approximate surface area is 81.0 Å². The lowest BCUT2D eigenvalue weighted by Gasteiger charge is -2.02. The number of rotatable bonds is 3. The smallest absolute Gasteiger partial charge is 0.201 e. The maximum atomic E-state index is 5.44. The van der Waals surface area contributed by atoms with Crippen molar-refractivity contribution in [2.24, 2.45) is 5.73 Å². The summed E-state index contributed by atoms with van der Waals surface area (Å²) in [5, 5.41) is 10.3. The lowest BCUT2D eigenvalue weighted by atomic mass is 10.1. The summed E-state index contributed by atoms with van der Waals surface area (Å²) in [5.74, 6) is 0.